The smallest absolute Gasteiger partial charge is 0.161 e. The number of hydrogen-bond acceptors (Lipinski definition) is 4. The summed E-state index contributed by atoms with van der Waals surface area (Å²) >= 11 is 0. The monoisotopic (exact) mass is 404 g/mol. The van der Waals surface area contributed by atoms with Gasteiger partial charge in [-0.25, -0.2) is 0 Å². The van der Waals surface area contributed by atoms with Crippen LogP contribution in [-0.4, -0.2) is 27.4 Å². The molecule has 0 unspecified atom stereocenters. The van der Waals surface area contributed by atoms with Crippen LogP contribution >= 0.6 is 0 Å². The van der Waals surface area contributed by atoms with Crippen LogP contribution in [0.2, 0.25) is 0 Å². The van der Waals surface area contributed by atoms with Crippen molar-refractivity contribution in [2.24, 2.45) is 0 Å². The van der Waals surface area contributed by atoms with E-state index in [1.54, 1.807) is 14.2 Å². The maximum atomic E-state index is 5.73. The van der Waals surface area contributed by atoms with Crippen LogP contribution in [0.1, 0.15) is 22.3 Å². The van der Waals surface area contributed by atoms with Gasteiger partial charge in [0, 0.05) is 0 Å². The lowest BCUT2D eigenvalue weighted by molar-refractivity contribution is 0.171. The zero-order valence-corrected chi connectivity index (χ0v) is 17.6. The minimum atomic E-state index is 0.607. The molecule has 3 aromatic rings. The van der Waals surface area contributed by atoms with Gasteiger partial charge in [-0.3, -0.25) is 0 Å². The van der Waals surface area contributed by atoms with Crippen LogP contribution in [0.25, 0.3) is 0 Å². The molecule has 3 aromatic carbocycles. The van der Waals surface area contributed by atoms with E-state index in [4.69, 9.17) is 18.9 Å². The van der Waals surface area contributed by atoms with E-state index in [2.05, 4.69) is 54.6 Å². The number of methoxy groups -OCH3 is 2. The van der Waals surface area contributed by atoms with E-state index >= 15 is 0 Å². The standard InChI is InChI=1S/C26H28O4/c1-27-24-17-21(11-8-19-6-4-3-5-7-19)22(18-25(24)28-2)12-9-20-10-13-23-26(16-20)30-15-14-29-23/h3-7,10,13,16-18H,8-9,11-12,14-15H2,1-2H3. The average molecular weight is 405 g/mol. The van der Waals surface area contributed by atoms with Gasteiger partial charge in [0.1, 0.15) is 13.2 Å². The van der Waals surface area contributed by atoms with Crippen molar-refractivity contribution in [1.29, 1.82) is 0 Å². The highest BCUT2D eigenvalue weighted by molar-refractivity contribution is 5.49. The van der Waals surface area contributed by atoms with Crippen LogP contribution in [0.5, 0.6) is 23.0 Å². The third kappa shape index (κ3) is 4.70. The summed E-state index contributed by atoms with van der Waals surface area (Å²) in [7, 11) is 3.37. The molecule has 1 heterocycles. The second-order valence-electron chi connectivity index (χ2n) is 7.44. The van der Waals surface area contributed by atoms with Crippen molar-refractivity contribution in [2.45, 2.75) is 25.7 Å². The molecule has 0 saturated heterocycles. The van der Waals surface area contributed by atoms with E-state index in [1.165, 1.54) is 22.3 Å². The first-order valence-corrected chi connectivity index (χ1v) is 10.4. The fourth-order valence-corrected chi connectivity index (χ4v) is 3.87. The van der Waals surface area contributed by atoms with Crippen LogP contribution in [0, 0.1) is 0 Å². The molecule has 1 aliphatic heterocycles. The van der Waals surface area contributed by atoms with Crippen LogP contribution in [-0.2, 0) is 25.7 Å². The summed E-state index contributed by atoms with van der Waals surface area (Å²) in [6, 6.07) is 21.1. The molecule has 0 aliphatic carbocycles. The normalized spacial score (nSPS) is 12.5. The van der Waals surface area contributed by atoms with Crippen molar-refractivity contribution in [1.82, 2.24) is 0 Å². The molecule has 0 spiro atoms. The molecule has 4 heteroatoms. The molecular formula is C26H28O4. The number of hydrogen-bond donors (Lipinski definition) is 0. The Labute approximate surface area is 178 Å². The van der Waals surface area contributed by atoms with Gasteiger partial charge in [0.05, 0.1) is 14.2 Å². The highest BCUT2D eigenvalue weighted by atomic mass is 16.6. The van der Waals surface area contributed by atoms with E-state index < -0.39 is 0 Å². The predicted octanol–water partition coefficient (Wildman–Crippen LogP) is 5.05. The molecule has 0 radical (unpaired) electrons. The average Bonchev–Trinajstić information content (AvgIpc) is 2.81. The van der Waals surface area contributed by atoms with Crippen molar-refractivity contribution in [3.63, 3.8) is 0 Å². The zero-order chi connectivity index (χ0) is 20.8. The molecule has 0 atom stereocenters. The Balaban J connectivity index is 1.54. The zero-order valence-electron chi connectivity index (χ0n) is 17.6. The van der Waals surface area contributed by atoms with E-state index in [0.717, 1.165) is 48.7 Å². The predicted molar refractivity (Wildman–Crippen MR) is 118 cm³/mol. The highest BCUT2D eigenvalue weighted by Gasteiger charge is 2.14. The molecule has 0 N–H and O–H groups in total. The van der Waals surface area contributed by atoms with Gasteiger partial charge >= 0.3 is 0 Å². The highest BCUT2D eigenvalue weighted by Crippen LogP contribution is 2.33. The Kier molecular flexibility index (Phi) is 6.43. The number of benzene rings is 3. The molecule has 156 valence electrons. The van der Waals surface area contributed by atoms with Gasteiger partial charge in [-0.1, -0.05) is 36.4 Å². The summed E-state index contributed by atoms with van der Waals surface area (Å²) in [5.74, 6) is 3.23. The number of aryl methyl sites for hydroxylation is 4. The van der Waals surface area contributed by atoms with E-state index in [-0.39, 0.29) is 0 Å². The molecule has 4 rings (SSSR count). The first kappa shape index (κ1) is 20.1. The molecule has 30 heavy (non-hydrogen) atoms. The molecular weight excluding hydrogens is 376 g/mol. The van der Waals surface area contributed by atoms with Gasteiger partial charge in [-0.05, 0) is 72.2 Å². The molecule has 0 saturated carbocycles. The molecule has 0 fully saturated rings. The summed E-state index contributed by atoms with van der Waals surface area (Å²) in [6.07, 6.45) is 3.79. The third-order valence-corrected chi connectivity index (χ3v) is 5.52. The SMILES string of the molecule is COc1cc(CCc2ccccc2)c(CCc2ccc3c(c2)OCCO3)cc1OC. The molecule has 0 aromatic heterocycles. The van der Waals surface area contributed by atoms with Gasteiger partial charge in [0.2, 0.25) is 0 Å². The minimum Gasteiger partial charge on any atom is -0.493 e. The van der Waals surface area contributed by atoms with Gasteiger partial charge in [-0.2, -0.15) is 0 Å². The summed E-state index contributed by atoms with van der Waals surface area (Å²) in [4.78, 5) is 0. The summed E-state index contributed by atoms with van der Waals surface area (Å²) < 4.78 is 22.5. The maximum Gasteiger partial charge on any atom is 0.161 e. The quantitative estimate of drug-likeness (QED) is 0.527. The summed E-state index contributed by atoms with van der Waals surface area (Å²) in [5.41, 5.74) is 5.17. The molecule has 0 amide bonds. The van der Waals surface area contributed by atoms with Gasteiger partial charge < -0.3 is 18.9 Å². The van der Waals surface area contributed by atoms with Gasteiger partial charge in [0.25, 0.3) is 0 Å². The second-order valence-corrected chi connectivity index (χ2v) is 7.44. The molecule has 0 bridgehead atoms. The Bertz CT molecular complexity index is 982. The van der Waals surface area contributed by atoms with Gasteiger partial charge in [-0.15, -0.1) is 0 Å². The first-order chi connectivity index (χ1) is 14.8. The molecule has 4 nitrogen and oxygen atoms in total. The summed E-state index contributed by atoms with van der Waals surface area (Å²) in [5, 5.41) is 0. The lowest BCUT2D eigenvalue weighted by Gasteiger charge is -2.19. The Hall–Kier alpha value is -3.14. The Morgan fingerprint density at radius 2 is 1.23 bits per heavy atom. The van der Waals surface area contributed by atoms with E-state index in [1.807, 2.05) is 6.07 Å². The van der Waals surface area contributed by atoms with Crippen molar-refractivity contribution in [3.8, 4) is 23.0 Å². The third-order valence-electron chi connectivity index (χ3n) is 5.52. The second kappa shape index (κ2) is 9.57. The summed E-state index contributed by atoms with van der Waals surface area (Å²) in [6.45, 7) is 1.22. The van der Waals surface area contributed by atoms with Gasteiger partial charge in [0.15, 0.2) is 23.0 Å². The minimum absolute atomic E-state index is 0.607. The van der Waals surface area contributed by atoms with Crippen molar-refractivity contribution < 1.29 is 18.9 Å². The van der Waals surface area contributed by atoms with Crippen molar-refractivity contribution >= 4 is 0 Å². The fourth-order valence-electron chi connectivity index (χ4n) is 3.87. The van der Waals surface area contributed by atoms with Crippen LogP contribution in [0.3, 0.4) is 0 Å². The van der Waals surface area contributed by atoms with E-state index in [9.17, 15) is 0 Å². The lowest BCUT2D eigenvalue weighted by atomic mass is 9.94. The van der Waals surface area contributed by atoms with Crippen LogP contribution < -0.4 is 18.9 Å². The number of rotatable bonds is 8. The number of ether oxygens (including phenoxy) is 4. The molecule has 1 aliphatic rings. The first-order valence-electron chi connectivity index (χ1n) is 10.4. The topological polar surface area (TPSA) is 36.9 Å². The van der Waals surface area contributed by atoms with E-state index in [0.29, 0.717) is 13.2 Å². The lowest BCUT2D eigenvalue weighted by Crippen LogP contribution is -2.15. The fraction of sp³-hybridized carbons (Fsp3) is 0.308. The maximum absolute atomic E-state index is 5.73. The van der Waals surface area contributed by atoms with Crippen LogP contribution in [0.15, 0.2) is 60.7 Å². The number of fused-ring (bicyclic) bond motifs is 1. The Morgan fingerprint density at radius 3 is 1.87 bits per heavy atom. The van der Waals surface area contributed by atoms with Crippen LogP contribution in [0.4, 0.5) is 0 Å². The van der Waals surface area contributed by atoms with Crippen molar-refractivity contribution in [3.05, 3.63) is 82.9 Å². The Morgan fingerprint density at radius 1 is 0.633 bits per heavy atom. The largest absolute Gasteiger partial charge is 0.493 e. The van der Waals surface area contributed by atoms with Crippen molar-refractivity contribution in [2.75, 3.05) is 27.4 Å².